The molecule has 0 saturated heterocycles. The number of nitrogens with one attached hydrogen (secondary N) is 1. The Kier molecular flexibility index (Phi) is 7.52. The second-order valence-electron chi connectivity index (χ2n) is 6.45. The third-order valence-corrected chi connectivity index (χ3v) is 4.30. The lowest BCUT2D eigenvalue weighted by molar-refractivity contribution is -0.118. The molecule has 5 heteroatoms. The van der Waals surface area contributed by atoms with Crippen molar-refractivity contribution in [3.8, 4) is 17.2 Å². The number of carbonyl (C=O) groups is 1. The van der Waals surface area contributed by atoms with Crippen LogP contribution in [-0.2, 0) is 11.2 Å². The van der Waals surface area contributed by atoms with Gasteiger partial charge in [0, 0.05) is 0 Å². The highest BCUT2D eigenvalue weighted by molar-refractivity contribution is 5.93. The summed E-state index contributed by atoms with van der Waals surface area (Å²) in [6.07, 6.45) is 1.85. The molecule has 29 heavy (non-hydrogen) atoms. The van der Waals surface area contributed by atoms with E-state index in [1.807, 2.05) is 42.5 Å². The van der Waals surface area contributed by atoms with Crippen molar-refractivity contribution >= 4 is 11.6 Å². The average Bonchev–Trinajstić information content (AvgIpc) is 2.77. The first-order chi connectivity index (χ1) is 14.2. The van der Waals surface area contributed by atoms with Crippen LogP contribution in [0.1, 0.15) is 12.0 Å². The molecule has 0 bridgehead atoms. The number of benzene rings is 3. The lowest BCUT2D eigenvalue weighted by atomic mass is 10.1. The van der Waals surface area contributed by atoms with Crippen LogP contribution in [0.3, 0.4) is 0 Å². The SMILES string of the molecule is COc1ccc(OCC(=O)Nc2ccccc2OCCCc2ccccc2)cc1. The molecule has 3 aromatic rings. The highest BCUT2D eigenvalue weighted by Gasteiger charge is 2.09. The molecule has 3 aromatic carbocycles. The van der Waals surface area contributed by atoms with Gasteiger partial charge >= 0.3 is 0 Å². The van der Waals surface area contributed by atoms with Crippen LogP contribution < -0.4 is 19.5 Å². The molecule has 0 atom stereocenters. The largest absolute Gasteiger partial charge is 0.497 e. The molecule has 0 spiro atoms. The highest BCUT2D eigenvalue weighted by atomic mass is 16.5. The summed E-state index contributed by atoms with van der Waals surface area (Å²) in [4.78, 5) is 12.3. The zero-order chi connectivity index (χ0) is 20.3. The van der Waals surface area contributed by atoms with Crippen LogP contribution in [0.2, 0.25) is 0 Å². The van der Waals surface area contributed by atoms with E-state index in [4.69, 9.17) is 14.2 Å². The van der Waals surface area contributed by atoms with Crippen LogP contribution in [0, 0.1) is 0 Å². The lowest BCUT2D eigenvalue weighted by Gasteiger charge is -2.13. The number of carbonyl (C=O) groups excluding carboxylic acids is 1. The smallest absolute Gasteiger partial charge is 0.262 e. The second kappa shape index (κ2) is 10.8. The maximum Gasteiger partial charge on any atom is 0.262 e. The fourth-order valence-corrected chi connectivity index (χ4v) is 2.81. The van der Waals surface area contributed by atoms with Gasteiger partial charge in [0.15, 0.2) is 6.61 Å². The van der Waals surface area contributed by atoms with Gasteiger partial charge in [-0.15, -0.1) is 0 Å². The second-order valence-corrected chi connectivity index (χ2v) is 6.45. The number of amides is 1. The topological polar surface area (TPSA) is 56.8 Å². The van der Waals surface area contributed by atoms with Crippen LogP contribution in [0.25, 0.3) is 0 Å². The van der Waals surface area contributed by atoms with Crippen molar-refractivity contribution in [3.63, 3.8) is 0 Å². The van der Waals surface area contributed by atoms with Crippen molar-refractivity contribution in [3.05, 3.63) is 84.4 Å². The first kappa shape index (κ1) is 20.3. The van der Waals surface area contributed by atoms with Gasteiger partial charge in [0.25, 0.3) is 5.91 Å². The molecule has 1 amide bonds. The maximum absolute atomic E-state index is 12.3. The van der Waals surface area contributed by atoms with E-state index in [0.29, 0.717) is 23.8 Å². The molecule has 0 heterocycles. The molecule has 1 N–H and O–H groups in total. The molecule has 0 aliphatic carbocycles. The number of rotatable bonds is 10. The van der Waals surface area contributed by atoms with Crippen LogP contribution in [0.15, 0.2) is 78.9 Å². The Hall–Kier alpha value is -3.47. The monoisotopic (exact) mass is 391 g/mol. The van der Waals surface area contributed by atoms with Crippen molar-refractivity contribution in [1.82, 2.24) is 0 Å². The Morgan fingerprint density at radius 3 is 2.28 bits per heavy atom. The minimum Gasteiger partial charge on any atom is -0.497 e. The van der Waals surface area contributed by atoms with Gasteiger partial charge in [0.2, 0.25) is 0 Å². The van der Waals surface area contributed by atoms with Crippen molar-refractivity contribution in [2.24, 2.45) is 0 Å². The first-order valence-electron chi connectivity index (χ1n) is 9.57. The van der Waals surface area contributed by atoms with E-state index in [1.165, 1.54) is 5.56 Å². The summed E-state index contributed by atoms with van der Waals surface area (Å²) in [5.41, 5.74) is 1.92. The van der Waals surface area contributed by atoms with E-state index in [9.17, 15) is 4.79 Å². The van der Waals surface area contributed by atoms with Gasteiger partial charge in [-0.05, 0) is 54.8 Å². The van der Waals surface area contributed by atoms with Crippen molar-refractivity contribution in [1.29, 1.82) is 0 Å². The Balaban J connectivity index is 1.46. The number of methoxy groups -OCH3 is 1. The van der Waals surface area contributed by atoms with Gasteiger partial charge in [-0.2, -0.15) is 0 Å². The summed E-state index contributed by atoms with van der Waals surface area (Å²) in [5, 5.41) is 2.85. The zero-order valence-electron chi connectivity index (χ0n) is 16.5. The Morgan fingerprint density at radius 1 is 0.828 bits per heavy atom. The maximum atomic E-state index is 12.3. The number of aryl methyl sites for hydroxylation is 1. The molecule has 0 saturated carbocycles. The predicted octanol–water partition coefficient (Wildman–Crippen LogP) is 4.72. The van der Waals surface area contributed by atoms with Crippen LogP contribution >= 0.6 is 0 Å². The number of hydrogen-bond acceptors (Lipinski definition) is 4. The van der Waals surface area contributed by atoms with Gasteiger partial charge in [-0.3, -0.25) is 4.79 Å². The highest BCUT2D eigenvalue weighted by Crippen LogP contribution is 2.24. The molecule has 0 radical (unpaired) electrons. The fraction of sp³-hybridized carbons (Fsp3) is 0.208. The van der Waals surface area contributed by atoms with Crippen molar-refractivity contribution < 1.29 is 19.0 Å². The van der Waals surface area contributed by atoms with Gasteiger partial charge in [-0.1, -0.05) is 42.5 Å². The van der Waals surface area contributed by atoms with Crippen LogP contribution in [0.5, 0.6) is 17.2 Å². The van der Waals surface area contributed by atoms with E-state index >= 15 is 0 Å². The predicted molar refractivity (Wildman–Crippen MR) is 114 cm³/mol. The molecule has 0 aliphatic heterocycles. The van der Waals surface area contributed by atoms with E-state index < -0.39 is 0 Å². The number of anilines is 1. The molecule has 0 aliphatic rings. The third-order valence-electron chi connectivity index (χ3n) is 4.30. The van der Waals surface area contributed by atoms with Crippen molar-refractivity contribution in [2.75, 3.05) is 25.6 Å². The van der Waals surface area contributed by atoms with Crippen LogP contribution in [-0.4, -0.2) is 26.2 Å². The summed E-state index contributed by atoms with van der Waals surface area (Å²) in [6, 6.07) is 24.8. The Labute approximate surface area is 171 Å². The zero-order valence-corrected chi connectivity index (χ0v) is 16.5. The molecule has 0 unspecified atom stereocenters. The summed E-state index contributed by atoms with van der Waals surface area (Å²) < 4.78 is 16.5. The van der Waals surface area contributed by atoms with Crippen LogP contribution in [0.4, 0.5) is 5.69 Å². The van der Waals surface area contributed by atoms with E-state index in [2.05, 4.69) is 17.4 Å². The van der Waals surface area contributed by atoms with Gasteiger partial charge < -0.3 is 19.5 Å². The third kappa shape index (κ3) is 6.57. The summed E-state index contributed by atoms with van der Waals surface area (Å²) in [7, 11) is 1.60. The summed E-state index contributed by atoms with van der Waals surface area (Å²) in [6.45, 7) is 0.485. The first-order valence-corrected chi connectivity index (χ1v) is 9.57. The molecule has 3 rings (SSSR count). The summed E-state index contributed by atoms with van der Waals surface area (Å²) >= 11 is 0. The molecule has 0 fully saturated rings. The van der Waals surface area contributed by atoms with Gasteiger partial charge in [-0.25, -0.2) is 0 Å². The molecule has 5 nitrogen and oxygen atoms in total. The minimum atomic E-state index is -0.249. The number of ether oxygens (including phenoxy) is 3. The number of hydrogen-bond donors (Lipinski definition) is 1. The molecular formula is C24H25NO4. The van der Waals surface area contributed by atoms with Crippen molar-refractivity contribution in [2.45, 2.75) is 12.8 Å². The normalized spacial score (nSPS) is 10.2. The standard InChI is InChI=1S/C24H25NO4/c1-27-20-13-15-21(16-14-20)29-18-24(26)25-22-11-5-6-12-23(22)28-17-7-10-19-8-3-2-4-9-19/h2-6,8-9,11-16H,7,10,17-18H2,1H3,(H,25,26). The van der Waals surface area contributed by atoms with E-state index in [-0.39, 0.29) is 12.5 Å². The minimum absolute atomic E-state index is 0.0886. The lowest BCUT2D eigenvalue weighted by Crippen LogP contribution is -2.20. The quantitative estimate of drug-likeness (QED) is 0.508. The molecular weight excluding hydrogens is 366 g/mol. The Morgan fingerprint density at radius 2 is 1.52 bits per heavy atom. The number of para-hydroxylation sites is 2. The molecule has 150 valence electrons. The van der Waals surface area contributed by atoms with E-state index in [1.54, 1.807) is 31.4 Å². The summed E-state index contributed by atoms with van der Waals surface area (Å²) in [5.74, 6) is 1.74. The fourth-order valence-electron chi connectivity index (χ4n) is 2.81. The van der Waals surface area contributed by atoms with Gasteiger partial charge in [0.05, 0.1) is 19.4 Å². The molecule has 0 aromatic heterocycles. The Bertz CT molecular complexity index is 894. The van der Waals surface area contributed by atoms with E-state index in [0.717, 1.165) is 18.6 Å². The van der Waals surface area contributed by atoms with Gasteiger partial charge in [0.1, 0.15) is 17.2 Å². The average molecular weight is 391 g/mol.